The Morgan fingerprint density at radius 1 is 1.22 bits per heavy atom. The zero-order valence-corrected chi connectivity index (χ0v) is 5.69. The topological polar surface area (TPSA) is 38.0 Å². The number of nitrogens with two attached hydrogens (primary N) is 1. The molecule has 0 aromatic rings. The molecule has 1 fully saturated rings. The van der Waals surface area contributed by atoms with Gasteiger partial charge in [0.05, 0.1) is 0 Å². The Bertz CT molecular complexity index is 99.5. The van der Waals surface area contributed by atoms with Crippen molar-refractivity contribution in [2.75, 3.05) is 0 Å². The molecule has 2 heteroatoms. The van der Waals surface area contributed by atoms with Gasteiger partial charge in [0.2, 0.25) is 0 Å². The van der Waals surface area contributed by atoms with Gasteiger partial charge in [-0.15, -0.1) is 0 Å². The second-order valence-corrected chi connectivity index (χ2v) is 2.53. The smallest absolute Gasteiger partial charge is 0.0115 e. The quantitative estimate of drug-likeness (QED) is 0.410. The third-order valence-electron chi connectivity index (χ3n) is 1.78. The maximum absolute atomic E-state index is 5.13. The van der Waals surface area contributed by atoms with Gasteiger partial charge in [0.1, 0.15) is 0 Å². The van der Waals surface area contributed by atoms with E-state index in [1.807, 2.05) is 6.20 Å². The summed E-state index contributed by atoms with van der Waals surface area (Å²) < 4.78 is 0. The molecule has 52 valence electrons. The summed E-state index contributed by atoms with van der Waals surface area (Å²) >= 11 is 0. The van der Waals surface area contributed by atoms with Crippen molar-refractivity contribution in [1.82, 2.24) is 5.43 Å². The fourth-order valence-electron chi connectivity index (χ4n) is 1.27. The molecule has 1 aliphatic rings. The lowest BCUT2D eigenvalue weighted by molar-refractivity contribution is 0.594. The minimum atomic E-state index is 1.24. The molecule has 0 aromatic carbocycles. The zero-order chi connectivity index (χ0) is 6.53. The summed E-state index contributed by atoms with van der Waals surface area (Å²) in [7, 11) is 0. The van der Waals surface area contributed by atoms with Crippen LogP contribution in [0.4, 0.5) is 0 Å². The van der Waals surface area contributed by atoms with Gasteiger partial charge in [-0.3, -0.25) is 5.84 Å². The van der Waals surface area contributed by atoms with Gasteiger partial charge in [-0.05, 0) is 25.7 Å². The number of nitrogens with one attached hydrogen (secondary N) is 1. The lowest BCUT2D eigenvalue weighted by Crippen LogP contribution is -2.15. The molecule has 0 saturated heterocycles. The van der Waals surface area contributed by atoms with Gasteiger partial charge in [0.25, 0.3) is 0 Å². The Hall–Kier alpha value is -0.500. The zero-order valence-electron chi connectivity index (χ0n) is 5.69. The van der Waals surface area contributed by atoms with Crippen molar-refractivity contribution in [3.8, 4) is 0 Å². The molecular weight excluding hydrogens is 112 g/mol. The lowest BCUT2D eigenvalue weighted by atomic mass is 9.96. The molecular formula is C7H14N2. The highest BCUT2D eigenvalue weighted by atomic mass is 15.2. The lowest BCUT2D eigenvalue weighted by Gasteiger charge is -2.12. The van der Waals surface area contributed by atoms with Crippen LogP contribution in [-0.2, 0) is 0 Å². The minimum absolute atomic E-state index is 1.24. The minimum Gasteiger partial charge on any atom is -0.331 e. The van der Waals surface area contributed by atoms with Crippen LogP contribution in [0.2, 0.25) is 0 Å². The van der Waals surface area contributed by atoms with Gasteiger partial charge in [-0.25, -0.2) is 0 Å². The van der Waals surface area contributed by atoms with Crippen molar-refractivity contribution in [1.29, 1.82) is 0 Å². The van der Waals surface area contributed by atoms with Crippen molar-refractivity contribution in [3.63, 3.8) is 0 Å². The molecule has 0 aromatic heterocycles. The van der Waals surface area contributed by atoms with E-state index in [1.165, 1.54) is 37.7 Å². The van der Waals surface area contributed by atoms with Crippen LogP contribution in [-0.4, -0.2) is 0 Å². The fraction of sp³-hybridized carbons (Fsp3) is 0.714. The summed E-state index contributed by atoms with van der Waals surface area (Å²) in [5.41, 5.74) is 4.05. The van der Waals surface area contributed by atoms with Crippen LogP contribution >= 0.6 is 0 Å². The highest BCUT2D eigenvalue weighted by Crippen LogP contribution is 2.21. The first-order valence-electron chi connectivity index (χ1n) is 3.57. The van der Waals surface area contributed by atoms with Crippen LogP contribution < -0.4 is 11.3 Å². The summed E-state index contributed by atoms with van der Waals surface area (Å²) in [6, 6.07) is 0. The average molecular weight is 126 g/mol. The third-order valence-corrected chi connectivity index (χ3v) is 1.78. The largest absolute Gasteiger partial charge is 0.331 e. The number of hydrogen-bond acceptors (Lipinski definition) is 2. The van der Waals surface area contributed by atoms with Crippen LogP contribution in [0.1, 0.15) is 32.1 Å². The highest BCUT2D eigenvalue weighted by Gasteiger charge is 2.03. The van der Waals surface area contributed by atoms with Gasteiger partial charge >= 0.3 is 0 Å². The molecule has 0 heterocycles. The van der Waals surface area contributed by atoms with Crippen LogP contribution in [0, 0.1) is 0 Å². The molecule has 1 rings (SSSR count). The summed E-state index contributed by atoms with van der Waals surface area (Å²) in [5, 5.41) is 0. The number of rotatable bonds is 1. The van der Waals surface area contributed by atoms with Crippen molar-refractivity contribution >= 4 is 0 Å². The maximum atomic E-state index is 5.13. The molecule has 9 heavy (non-hydrogen) atoms. The fourth-order valence-corrected chi connectivity index (χ4v) is 1.27. The van der Waals surface area contributed by atoms with Gasteiger partial charge in [0.15, 0.2) is 0 Å². The Balaban J connectivity index is 2.30. The second kappa shape index (κ2) is 3.51. The Morgan fingerprint density at radius 3 is 2.44 bits per heavy atom. The molecule has 0 unspecified atom stereocenters. The SMILES string of the molecule is NNC=C1CCCCC1. The third kappa shape index (κ3) is 2.06. The second-order valence-electron chi connectivity index (χ2n) is 2.53. The molecule has 2 nitrogen and oxygen atoms in total. The van der Waals surface area contributed by atoms with Gasteiger partial charge in [0, 0.05) is 6.20 Å². The molecule has 0 bridgehead atoms. The summed E-state index contributed by atoms with van der Waals surface area (Å²) in [4.78, 5) is 0. The van der Waals surface area contributed by atoms with E-state index >= 15 is 0 Å². The predicted molar refractivity (Wildman–Crippen MR) is 38.5 cm³/mol. The summed E-state index contributed by atoms with van der Waals surface area (Å²) in [6.45, 7) is 0. The summed E-state index contributed by atoms with van der Waals surface area (Å²) in [5.74, 6) is 5.13. The van der Waals surface area contributed by atoms with E-state index in [2.05, 4.69) is 5.43 Å². The number of allylic oxidation sites excluding steroid dienone is 1. The van der Waals surface area contributed by atoms with E-state index in [0.717, 1.165) is 0 Å². The molecule has 0 radical (unpaired) electrons. The molecule has 1 saturated carbocycles. The van der Waals surface area contributed by atoms with Gasteiger partial charge in [-0.1, -0.05) is 12.0 Å². The van der Waals surface area contributed by atoms with E-state index in [9.17, 15) is 0 Å². The van der Waals surface area contributed by atoms with Crippen molar-refractivity contribution < 1.29 is 0 Å². The van der Waals surface area contributed by atoms with E-state index in [-0.39, 0.29) is 0 Å². The Labute approximate surface area is 56.1 Å². The van der Waals surface area contributed by atoms with Crippen molar-refractivity contribution in [2.24, 2.45) is 5.84 Å². The highest BCUT2D eigenvalue weighted by molar-refractivity contribution is 5.01. The first-order valence-corrected chi connectivity index (χ1v) is 3.57. The maximum Gasteiger partial charge on any atom is 0.0115 e. The molecule has 3 N–H and O–H groups in total. The first-order chi connectivity index (χ1) is 4.43. The standard InChI is InChI=1S/C7H14N2/c8-9-6-7-4-2-1-3-5-7/h6,9H,1-5,8H2. The van der Waals surface area contributed by atoms with E-state index in [4.69, 9.17) is 5.84 Å². The van der Waals surface area contributed by atoms with E-state index in [0.29, 0.717) is 0 Å². The number of hydrogen-bond donors (Lipinski definition) is 2. The molecule has 0 amide bonds. The van der Waals surface area contributed by atoms with Crippen LogP contribution in [0.25, 0.3) is 0 Å². The van der Waals surface area contributed by atoms with Gasteiger partial charge in [-0.2, -0.15) is 0 Å². The Kier molecular flexibility index (Phi) is 2.58. The molecule has 0 spiro atoms. The van der Waals surface area contributed by atoms with Crippen LogP contribution in [0.15, 0.2) is 11.8 Å². The van der Waals surface area contributed by atoms with Crippen molar-refractivity contribution in [3.05, 3.63) is 11.8 Å². The number of hydrazine groups is 1. The van der Waals surface area contributed by atoms with Crippen LogP contribution in [0.5, 0.6) is 0 Å². The predicted octanol–water partition coefficient (Wildman–Crippen LogP) is 1.30. The monoisotopic (exact) mass is 126 g/mol. The molecule has 1 aliphatic carbocycles. The summed E-state index contributed by atoms with van der Waals surface area (Å²) in [6.07, 6.45) is 8.48. The van der Waals surface area contributed by atoms with E-state index < -0.39 is 0 Å². The average Bonchev–Trinajstić information content (AvgIpc) is 1.91. The van der Waals surface area contributed by atoms with Crippen LogP contribution in [0.3, 0.4) is 0 Å². The van der Waals surface area contributed by atoms with Crippen molar-refractivity contribution in [2.45, 2.75) is 32.1 Å². The van der Waals surface area contributed by atoms with E-state index in [1.54, 1.807) is 0 Å². The molecule has 0 atom stereocenters. The molecule has 0 aliphatic heterocycles. The first kappa shape index (κ1) is 6.62. The van der Waals surface area contributed by atoms with Gasteiger partial charge < -0.3 is 5.43 Å². The normalized spacial score (nSPS) is 19.4. The Morgan fingerprint density at radius 2 is 1.89 bits per heavy atom.